The fourth-order valence-electron chi connectivity index (χ4n) is 4.49. The number of hydrogen-bond donors (Lipinski definition) is 1. The molecule has 0 aromatic rings. The zero-order chi connectivity index (χ0) is 13.2. The minimum Gasteiger partial charge on any atom is -0.339 e. The number of nitrogens with one attached hydrogen (secondary N) is 1. The molecule has 3 aliphatic rings. The first kappa shape index (κ1) is 13.4. The number of amides is 1. The molecule has 2 aliphatic heterocycles. The minimum atomic E-state index is 0.231. The Morgan fingerprint density at radius 3 is 2.68 bits per heavy atom. The molecule has 1 saturated carbocycles. The van der Waals surface area contributed by atoms with Crippen molar-refractivity contribution in [3.8, 4) is 0 Å². The smallest absolute Gasteiger partial charge is 0.227 e. The van der Waals surface area contributed by atoms with Gasteiger partial charge in [-0.05, 0) is 57.9 Å². The molecule has 3 fully saturated rings. The lowest BCUT2D eigenvalue weighted by Gasteiger charge is -2.46. The predicted molar refractivity (Wildman–Crippen MR) is 76.9 cm³/mol. The Morgan fingerprint density at radius 2 is 1.84 bits per heavy atom. The van der Waals surface area contributed by atoms with Crippen LogP contribution >= 0.6 is 0 Å². The van der Waals surface area contributed by atoms with Crippen molar-refractivity contribution < 1.29 is 4.79 Å². The van der Waals surface area contributed by atoms with Gasteiger partial charge in [-0.2, -0.15) is 0 Å². The molecule has 0 aromatic carbocycles. The number of carbonyl (C=O) groups is 1. The molecule has 1 N–H and O–H groups in total. The maximum atomic E-state index is 12.9. The van der Waals surface area contributed by atoms with Crippen LogP contribution in [0, 0.1) is 11.8 Å². The Kier molecular flexibility index (Phi) is 4.11. The molecule has 4 atom stereocenters. The third kappa shape index (κ3) is 2.67. The highest BCUT2D eigenvalue weighted by Gasteiger charge is 2.39. The van der Waals surface area contributed by atoms with Crippen molar-refractivity contribution in [2.24, 2.45) is 11.8 Å². The second-order valence-corrected chi connectivity index (χ2v) is 6.78. The van der Waals surface area contributed by atoms with Crippen molar-refractivity contribution in [1.82, 2.24) is 10.2 Å². The fourth-order valence-corrected chi connectivity index (χ4v) is 4.49. The average molecular weight is 264 g/mol. The van der Waals surface area contributed by atoms with Crippen molar-refractivity contribution in [3.05, 3.63) is 0 Å². The maximum absolute atomic E-state index is 12.9. The summed E-state index contributed by atoms with van der Waals surface area (Å²) in [5.74, 6) is 1.49. The number of nitrogens with zero attached hydrogens (tertiary/aromatic N) is 1. The molecule has 0 spiro atoms. The summed E-state index contributed by atoms with van der Waals surface area (Å²) in [7, 11) is 0. The van der Waals surface area contributed by atoms with Gasteiger partial charge in [-0.1, -0.05) is 12.8 Å². The van der Waals surface area contributed by atoms with Crippen LogP contribution in [0.15, 0.2) is 0 Å². The number of hydrogen-bond acceptors (Lipinski definition) is 2. The summed E-state index contributed by atoms with van der Waals surface area (Å²) >= 11 is 0. The molecular weight excluding hydrogens is 236 g/mol. The van der Waals surface area contributed by atoms with E-state index in [-0.39, 0.29) is 5.92 Å². The molecule has 3 heteroatoms. The SMILES string of the molecule is CC1NCCCC1C(=O)N1CCC[C@H]2CCCC[C@H]21. The fraction of sp³-hybridized carbons (Fsp3) is 0.938. The van der Waals surface area contributed by atoms with Gasteiger partial charge in [0.1, 0.15) is 0 Å². The van der Waals surface area contributed by atoms with Crippen LogP contribution < -0.4 is 5.32 Å². The van der Waals surface area contributed by atoms with Gasteiger partial charge in [-0.15, -0.1) is 0 Å². The highest BCUT2D eigenvalue weighted by atomic mass is 16.2. The van der Waals surface area contributed by atoms with Gasteiger partial charge in [0.15, 0.2) is 0 Å². The van der Waals surface area contributed by atoms with Gasteiger partial charge < -0.3 is 10.2 Å². The molecule has 0 bridgehead atoms. The highest BCUT2D eigenvalue weighted by molar-refractivity contribution is 5.80. The minimum absolute atomic E-state index is 0.231. The van der Waals surface area contributed by atoms with Crippen LogP contribution in [0.1, 0.15) is 58.3 Å². The van der Waals surface area contributed by atoms with Crippen molar-refractivity contribution in [2.75, 3.05) is 13.1 Å². The van der Waals surface area contributed by atoms with Crippen molar-refractivity contribution in [2.45, 2.75) is 70.4 Å². The Bertz CT molecular complexity index is 329. The number of likely N-dealkylation sites (tertiary alicyclic amines) is 1. The number of fused-ring (bicyclic) bond motifs is 1. The Hall–Kier alpha value is -0.570. The number of carbonyl (C=O) groups excluding carboxylic acids is 1. The van der Waals surface area contributed by atoms with Crippen molar-refractivity contribution in [3.63, 3.8) is 0 Å². The number of rotatable bonds is 1. The van der Waals surface area contributed by atoms with Gasteiger partial charge in [-0.25, -0.2) is 0 Å². The summed E-state index contributed by atoms with van der Waals surface area (Å²) in [6.45, 7) is 4.28. The average Bonchev–Trinajstić information content (AvgIpc) is 2.46. The Balaban J connectivity index is 1.70. The van der Waals surface area contributed by atoms with Crippen LogP contribution in [0.25, 0.3) is 0 Å². The molecule has 0 aromatic heterocycles. The van der Waals surface area contributed by atoms with Gasteiger partial charge in [0.05, 0.1) is 5.92 Å². The summed E-state index contributed by atoms with van der Waals surface area (Å²) in [4.78, 5) is 15.2. The van der Waals surface area contributed by atoms with E-state index < -0.39 is 0 Å². The second kappa shape index (κ2) is 5.82. The van der Waals surface area contributed by atoms with Gasteiger partial charge in [-0.3, -0.25) is 4.79 Å². The zero-order valence-corrected chi connectivity index (χ0v) is 12.2. The molecule has 1 aliphatic carbocycles. The van der Waals surface area contributed by atoms with Crippen LogP contribution in [-0.4, -0.2) is 36.0 Å². The first-order valence-corrected chi connectivity index (χ1v) is 8.31. The van der Waals surface area contributed by atoms with Crippen LogP contribution in [0.4, 0.5) is 0 Å². The van der Waals surface area contributed by atoms with E-state index in [9.17, 15) is 4.79 Å². The standard InChI is InChI=1S/C16H28N2O/c1-12-14(8-4-10-17-12)16(19)18-11-5-7-13-6-2-3-9-15(13)18/h12-15,17H,2-11H2,1H3/t12?,13-,14?,15-/m1/s1. The lowest BCUT2D eigenvalue weighted by atomic mass is 9.77. The van der Waals surface area contributed by atoms with E-state index in [4.69, 9.17) is 0 Å². The largest absolute Gasteiger partial charge is 0.339 e. The molecule has 3 nitrogen and oxygen atoms in total. The van der Waals surface area contributed by atoms with E-state index in [0.29, 0.717) is 18.0 Å². The first-order valence-electron chi connectivity index (χ1n) is 8.31. The van der Waals surface area contributed by atoms with Crippen molar-refractivity contribution in [1.29, 1.82) is 0 Å². The summed E-state index contributed by atoms with van der Waals surface area (Å²) in [6.07, 6.45) is 10.1. The van der Waals surface area contributed by atoms with Gasteiger partial charge in [0.2, 0.25) is 5.91 Å². The monoisotopic (exact) mass is 264 g/mol. The molecule has 1 amide bonds. The Morgan fingerprint density at radius 1 is 1.05 bits per heavy atom. The lowest BCUT2D eigenvalue weighted by Crippen LogP contribution is -2.55. The summed E-state index contributed by atoms with van der Waals surface area (Å²) < 4.78 is 0. The van der Waals surface area contributed by atoms with E-state index in [1.54, 1.807) is 0 Å². The van der Waals surface area contributed by atoms with Gasteiger partial charge in [0, 0.05) is 18.6 Å². The maximum Gasteiger partial charge on any atom is 0.227 e. The van der Waals surface area contributed by atoms with E-state index in [2.05, 4.69) is 17.1 Å². The number of piperidine rings is 2. The Labute approximate surface area is 117 Å². The molecule has 2 unspecified atom stereocenters. The van der Waals surface area contributed by atoms with Crippen LogP contribution in [0.3, 0.4) is 0 Å². The third-order valence-electron chi connectivity index (χ3n) is 5.61. The normalized spacial score (nSPS) is 39.7. The summed E-state index contributed by atoms with van der Waals surface area (Å²) in [5.41, 5.74) is 0. The molecule has 2 heterocycles. The van der Waals surface area contributed by atoms with Crippen LogP contribution in [0.5, 0.6) is 0 Å². The van der Waals surface area contributed by atoms with E-state index in [1.165, 1.54) is 38.5 Å². The first-order chi connectivity index (χ1) is 9.27. The van der Waals surface area contributed by atoms with E-state index in [0.717, 1.165) is 31.8 Å². The quantitative estimate of drug-likeness (QED) is 0.789. The highest BCUT2D eigenvalue weighted by Crippen LogP contribution is 2.36. The van der Waals surface area contributed by atoms with Gasteiger partial charge in [0.25, 0.3) is 0 Å². The predicted octanol–water partition coefficient (Wildman–Crippen LogP) is 2.56. The summed E-state index contributed by atoms with van der Waals surface area (Å²) in [5, 5.41) is 3.48. The van der Waals surface area contributed by atoms with Crippen molar-refractivity contribution >= 4 is 5.91 Å². The molecule has 108 valence electrons. The summed E-state index contributed by atoms with van der Waals surface area (Å²) in [6, 6.07) is 0.939. The third-order valence-corrected chi connectivity index (χ3v) is 5.61. The molecule has 19 heavy (non-hydrogen) atoms. The second-order valence-electron chi connectivity index (χ2n) is 6.78. The molecule has 2 saturated heterocycles. The topological polar surface area (TPSA) is 32.3 Å². The van der Waals surface area contributed by atoms with E-state index in [1.807, 2.05) is 0 Å². The zero-order valence-electron chi connectivity index (χ0n) is 12.2. The molecular formula is C16H28N2O. The van der Waals surface area contributed by atoms with Crippen LogP contribution in [0.2, 0.25) is 0 Å². The van der Waals surface area contributed by atoms with Crippen LogP contribution in [-0.2, 0) is 4.79 Å². The van der Waals surface area contributed by atoms with Gasteiger partial charge >= 0.3 is 0 Å². The van der Waals surface area contributed by atoms with E-state index >= 15 is 0 Å². The molecule has 3 rings (SSSR count). The lowest BCUT2D eigenvalue weighted by molar-refractivity contribution is -0.143. The molecule has 0 radical (unpaired) electrons.